The zero-order valence-corrected chi connectivity index (χ0v) is 19.3. The van der Waals surface area contributed by atoms with E-state index in [1.54, 1.807) is 0 Å². The van der Waals surface area contributed by atoms with Crippen molar-refractivity contribution in [2.45, 2.75) is 64.5 Å². The highest BCUT2D eigenvalue weighted by atomic mass is 16.2. The third kappa shape index (κ3) is 5.72. The zero-order valence-electron chi connectivity index (χ0n) is 19.3. The number of nitrogens with zero attached hydrogens (tertiary/aromatic N) is 3. The van der Waals surface area contributed by atoms with E-state index in [0.717, 1.165) is 63.9 Å². The number of carbonyl (C=O) groups is 1. The van der Waals surface area contributed by atoms with Gasteiger partial charge >= 0.3 is 0 Å². The van der Waals surface area contributed by atoms with E-state index >= 15 is 0 Å². The van der Waals surface area contributed by atoms with Gasteiger partial charge in [0, 0.05) is 57.4 Å². The number of rotatable bonds is 5. The van der Waals surface area contributed by atoms with Crippen LogP contribution in [0.2, 0.25) is 0 Å². The molecule has 6 heteroatoms. The molecule has 0 spiro atoms. The van der Waals surface area contributed by atoms with Crippen molar-refractivity contribution in [3.63, 3.8) is 0 Å². The summed E-state index contributed by atoms with van der Waals surface area (Å²) in [5.74, 6) is 2.31. The van der Waals surface area contributed by atoms with Crippen molar-refractivity contribution in [1.29, 1.82) is 0 Å². The fourth-order valence-corrected chi connectivity index (χ4v) is 5.17. The minimum absolute atomic E-state index is 0.271. The average Bonchev–Trinajstić information content (AvgIpc) is 3.50. The van der Waals surface area contributed by atoms with E-state index in [1.165, 1.54) is 36.9 Å². The van der Waals surface area contributed by atoms with Crippen molar-refractivity contribution in [2.24, 2.45) is 16.8 Å². The molecular weight excluding hydrogens is 386 g/mol. The van der Waals surface area contributed by atoms with Gasteiger partial charge in [0.15, 0.2) is 5.96 Å². The van der Waals surface area contributed by atoms with Gasteiger partial charge in [0.1, 0.15) is 0 Å². The molecule has 1 aliphatic carbocycles. The smallest absolute Gasteiger partial charge is 0.225 e. The van der Waals surface area contributed by atoms with E-state index in [9.17, 15) is 4.79 Å². The van der Waals surface area contributed by atoms with Crippen LogP contribution in [0.4, 0.5) is 5.69 Å². The molecule has 1 saturated carbocycles. The van der Waals surface area contributed by atoms with Crippen LogP contribution in [0.5, 0.6) is 0 Å². The second-order valence-corrected chi connectivity index (χ2v) is 9.66. The predicted molar refractivity (Wildman–Crippen MR) is 127 cm³/mol. The molecule has 31 heavy (non-hydrogen) atoms. The lowest BCUT2D eigenvalue weighted by molar-refractivity contribution is -0.134. The summed E-state index contributed by atoms with van der Waals surface area (Å²) in [5, 5.41) is 6.95. The van der Waals surface area contributed by atoms with E-state index in [4.69, 9.17) is 0 Å². The molecule has 1 unspecified atom stereocenters. The third-order valence-corrected chi connectivity index (χ3v) is 7.31. The summed E-state index contributed by atoms with van der Waals surface area (Å²) in [6.45, 7) is 7.08. The number of likely N-dealkylation sites (tertiary alicyclic amines) is 1. The molecule has 1 amide bonds. The van der Waals surface area contributed by atoms with Crippen molar-refractivity contribution in [3.05, 3.63) is 29.8 Å². The topological polar surface area (TPSA) is 60.0 Å². The first-order valence-electron chi connectivity index (χ1n) is 12.2. The number of piperidine rings is 1. The Bertz CT molecular complexity index is 748. The van der Waals surface area contributed by atoms with Crippen LogP contribution >= 0.6 is 0 Å². The van der Waals surface area contributed by atoms with Crippen LogP contribution in [0.1, 0.15) is 57.4 Å². The molecule has 1 atom stereocenters. The lowest BCUT2D eigenvalue weighted by atomic mass is 9.99. The first-order valence-corrected chi connectivity index (χ1v) is 12.2. The Morgan fingerprint density at radius 3 is 2.42 bits per heavy atom. The van der Waals surface area contributed by atoms with E-state index < -0.39 is 0 Å². The van der Waals surface area contributed by atoms with Crippen LogP contribution in [-0.4, -0.2) is 56.0 Å². The highest BCUT2D eigenvalue weighted by Crippen LogP contribution is 2.28. The van der Waals surface area contributed by atoms with Crippen LogP contribution in [0.3, 0.4) is 0 Å². The van der Waals surface area contributed by atoms with Crippen LogP contribution < -0.4 is 15.5 Å². The SMILES string of the molecule is CN=C(NCc1ccc(N2CCC(C)CC2)cc1)NC1CCN(C(=O)C2CCCC2)C1. The molecule has 0 bridgehead atoms. The highest BCUT2D eigenvalue weighted by Gasteiger charge is 2.32. The van der Waals surface area contributed by atoms with Crippen LogP contribution in [0, 0.1) is 11.8 Å². The third-order valence-electron chi connectivity index (χ3n) is 7.31. The monoisotopic (exact) mass is 425 g/mol. The van der Waals surface area contributed by atoms with Crippen molar-refractivity contribution in [3.8, 4) is 0 Å². The molecule has 170 valence electrons. The molecule has 0 radical (unpaired) electrons. The average molecular weight is 426 g/mol. The second kappa shape index (κ2) is 10.4. The minimum atomic E-state index is 0.271. The Hall–Kier alpha value is -2.24. The zero-order chi connectivity index (χ0) is 21.6. The summed E-state index contributed by atoms with van der Waals surface area (Å²) in [5.41, 5.74) is 2.58. The number of aliphatic imine (C=N–C) groups is 1. The Labute approximate surface area is 187 Å². The number of hydrogen-bond donors (Lipinski definition) is 2. The summed E-state index contributed by atoms with van der Waals surface area (Å²) in [4.78, 5) is 21.6. The van der Waals surface area contributed by atoms with E-state index in [0.29, 0.717) is 5.91 Å². The van der Waals surface area contributed by atoms with Gasteiger partial charge in [-0.2, -0.15) is 0 Å². The molecule has 2 N–H and O–H groups in total. The van der Waals surface area contributed by atoms with E-state index in [2.05, 4.69) is 56.6 Å². The Kier molecular flexibility index (Phi) is 7.36. The number of amides is 1. The Morgan fingerprint density at radius 2 is 1.74 bits per heavy atom. The van der Waals surface area contributed by atoms with Gasteiger partial charge in [0.2, 0.25) is 5.91 Å². The molecule has 1 aromatic rings. The van der Waals surface area contributed by atoms with Crippen molar-refractivity contribution in [2.75, 3.05) is 38.1 Å². The first kappa shape index (κ1) is 22.0. The molecule has 3 fully saturated rings. The molecule has 0 aromatic heterocycles. The number of hydrogen-bond acceptors (Lipinski definition) is 3. The quantitative estimate of drug-likeness (QED) is 0.561. The van der Waals surface area contributed by atoms with Crippen LogP contribution in [0.15, 0.2) is 29.3 Å². The number of guanidine groups is 1. The predicted octanol–water partition coefficient (Wildman–Crippen LogP) is 3.38. The number of anilines is 1. The molecule has 2 aliphatic heterocycles. The Morgan fingerprint density at radius 1 is 1.03 bits per heavy atom. The van der Waals surface area contributed by atoms with Gasteiger partial charge in [-0.15, -0.1) is 0 Å². The van der Waals surface area contributed by atoms with Crippen molar-refractivity contribution < 1.29 is 4.79 Å². The van der Waals surface area contributed by atoms with Crippen LogP contribution in [0.25, 0.3) is 0 Å². The van der Waals surface area contributed by atoms with Crippen molar-refractivity contribution in [1.82, 2.24) is 15.5 Å². The summed E-state index contributed by atoms with van der Waals surface area (Å²) >= 11 is 0. The normalized spacial score (nSPS) is 23.4. The lowest BCUT2D eigenvalue weighted by Gasteiger charge is -2.32. The van der Waals surface area contributed by atoms with E-state index in [-0.39, 0.29) is 12.0 Å². The summed E-state index contributed by atoms with van der Waals surface area (Å²) in [7, 11) is 1.81. The summed E-state index contributed by atoms with van der Waals surface area (Å²) in [6, 6.07) is 9.19. The maximum atomic E-state index is 12.7. The number of benzene rings is 1. The first-order chi connectivity index (χ1) is 15.1. The minimum Gasteiger partial charge on any atom is -0.372 e. The summed E-state index contributed by atoms with van der Waals surface area (Å²) in [6.07, 6.45) is 8.13. The van der Waals surface area contributed by atoms with Gasteiger partial charge in [0.05, 0.1) is 0 Å². The second-order valence-electron chi connectivity index (χ2n) is 9.66. The van der Waals surface area contributed by atoms with Gasteiger partial charge < -0.3 is 20.4 Å². The van der Waals surface area contributed by atoms with Gasteiger partial charge in [-0.25, -0.2) is 0 Å². The van der Waals surface area contributed by atoms with Gasteiger partial charge in [-0.1, -0.05) is 31.9 Å². The maximum absolute atomic E-state index is 12.7. The molecule has 4 rings (SSSR count). The maximum Gasteiger partial charge on any atom is 0.225 e. The standard InChI is InChI=1S/C25H39N5O/c1-19-11-14-29(15-12-19)23-9-7-20(8-10-23)17-27-25(26-2)28-22-13-16-30(18-22)24(31)21-5-3-4-6-21/h7-10,19,21-22H,3-6,11-18H2,1-2H3,(H2,26,27,28). The molecule has 1 aromatic carbocycles. The lowest BCUT2D eigenvalue weighted by Crippen LogP contribution is -2.45. The number of nitrogens with one attached hydrogen (secondary N) is 2. The summed E-state index contributed by atoms with van der Waals surface area (Å²) < 4.78 is 0. The number of carbonyl (C=O) groups excluding carboxylic acids is 1. The van der Waals surface area contributed by atoms with E-state index in [1.807, 2.05) is 7.05 Å². The fourth-order valence-electron chi connectivity index (χ4n) is 5.17. The largest absolute Gasteiger partial charge is 0.372 e. The molecule has 2 heterocycles. The van der Waals surface area contributed by atoms with Crippen molar-refractivity contribution >= 4 is 17.6 Å². The molecule has 2 saturated heterocycles. The Balaban J connectivity index is 1.22. The fraction of sp³-hybridized carbons (Fsp3) is 0.680. The molecule has 6 nitrogen and oxygen atoms in total. The molecular formula is C25H39N5O. The van der Waals surface area contributed by atoms with Gasteiger partial charge in [0.25, 0.3) is 0 Å². The highest BCUT2D eigenvalue weighted by molar-refractivity contribution is 5.81. The van der Waals surface area contributed by atoms with Crippen LogP contribution in [-0.2, 0) is 11.3 Å². The van der Waals surface area contributed by atoms with Gasteiger partial charge in [-0.05, 0) is 55.7 Å². The van der Waals surface area contributed by atoms with Gasteiger partial charge in [-0.3, -0.25) is 9.79 Å². The molecule has 3 aliphatic rings.